The number of aliphatic imine (C=N–C) groups is 1. The van der Waals surface area contributed by atoms with Gasteiger partial charge in [0.15, 0.2) is 0 Å². The van der Waals surface area contributed by atoms with Gasteiger partial charge in [0, 0.05) is 17.6 Å². The molecule has 0 unspecified atom stereocenters. The molecule has 0 bridgehead atoms. The van der Waals surface area contributed by atoms with E-state index in [0.29, 0.717) is 17.7 Å². The van der Waals surface area contributed by atoms with Crippen molar-refractivity contribution in [3.63, 3.8) is 0 Å². The van der Waals surface area contributed by atoms with E-state index in [1.165, 1.54) is 0 Å². The minimum absolute atomic E-state index is 0.00120. The van der Waals surface area contributed by atoms with Crippen LogP contribution in [0.25, 0.3) is 5.57 Å². The smallest absolute Gasteiger partial charge is 0.0712 e. The molecule has 1 aromatic rings. The summed E-state index contributed by atoms with van der Waals surface area (Å²) in [6.07, 6.45) is 6.39. The van der Waals surface area contributed by atoms with Crippen molar-refractivity contribution in [1.29, 1.82) is 0 Å². The van der Waals surface area contributed by atoms with Gasteiger partial charge in [0.2, 0.25) is 0 Å². The zero-order valence-electron chi connectivity index (χ0n) is 10.9. The average molecular weight is 171 g/mol. The third-order valence-corrected chi connectivity index (χ3v) is 2.20. The van der Waals surface area contributed by atoms with E-state index in [2.05, 4.69) is 4.99 Å². The largest absolute Gasteiger partial charge is 0.252 e. The predicted molar refractivity (Wildman–Crippen MR) is 55.3 cm³/mol. The van der Waals surface area contributed by atoms with Gasteiger partial charge in [-0.25, -0.2) is 0 Å². The summed E-state index contributed by atoms with van der Waals surface area (Å²) in [5.41, 5.74) is 2.57. The van der Waals surface area contributed by atoms with Crippen LogP contribution in [-0.2, 0) is 0 Å². The minimum atomic E-state index is -0.217. The molecule has 1 heterocycles. The van der Waals surface area contributed by atoms with Crippen LogP contribution in [0.2, 0.25) is 0 Å². The Morgan fingerprint density at radius 2 is 2.23 bits per heavy atom. The molecule has 0 aromatic heterocycles. The molecule has 62 valence electrons. The summed E-state index contributed by atoms with van der Waals surface area (Å²) >= 11 is 0. The molecule has 0 N–H and O–H groups in total. The fourth-order valence-corrected chi connectivity index (χ4v) is 1.60. The monoisotopic (exact) mass is 171 g/mol. The van der Waals surface area contributed by atoms with E-state index >= 15 is 0 Å². The Balaban J connectivity index is 2.38. The van der Waals surface area contributed by atoms with Gasteiger partial charge in [-0.2, -0.15) is 0 Å². The summed E-state index contributed by atoms with van der Waals surface area (Å²) in [5.74, 6) is 0. The van der Waals surface area contributed by atoms with Crippen LogP contribution in [0.3, 0.4) is 0 Å². The van der Waals surface area contributed by atoms with Crippen LogP contribution in [0.15, 0.2) is 47.4 Å². The summed E-state index contributed by atoms with van der Waals surface area (Å²) in [4.78, 5) is 4.32. The lowest BCUT2D eigenvalue weighted by Gasteiger charge is -2.04. The lowest BCUT2D eigenvalue weighted by molar-refractivity contribution is 1.44. The third kappa shape index (κ3) is 0.903. The molecule has 0 atom stereocenters. The lowest BCUT2D eigenvalue weighted by atomic mass is 9.98. The van der Waals surface area contributed by atoms with Gasteiger partial charge in [-0.3, -0.25) is 4.99 Å². The van der Waals surface area contributed by atoms with E-state index < -0.39 is 0 Å². The Hall–Kier alpha value is -1.63. The van der Waals surface area contributed by atoms with E-state index in [1.807, 2.05) is 18.2 Å². The molecule has 3 rings (SSSR count). The Bertz CT molecular complexity index is 626. The molecule has 13 heavy (non-hydrogen) atoms. The SMILES string of the molecule is [2H]c1c([2H])c([2H])c2c(c1[2H])N=C1CC=CC=C12. The molecule has 2 aliphatic rings. The van der Waals surface area contributed by atoms with Gasteiger partial charge >= 0.3 is 0 Å². The van der Waals surface area contributed by atoms with Gasteiger partial charge in [-0.15, -0.1) is 0 Å². The predicted octanol–water partition coefficient (Wildman–Crippen LogP) is 3.12. The first-order valence-electron chi connectivity index (χ1n) is 6.16. The summed E-state index contributed by atoms with van der Waals surface area (Å²) in [5, 5.41) is 0. The first-order valence-corrected chi connectivity index (χ1v) is 4.16. The fourth-order valence-electron chi connectivity index (χ4n) is 1.60. The van der Waals surface area contributed by atoms with E-state index in [-0.39, 0.29) is 24.2 Å². The number of nitrogens with zero attached hydrogens (tertiary/aromatic N) is 1. The van der Waals surface area contributed by atoms with Crippen LogP contribution in [0.5, 0.6) is 0 Å². The number of benzene rings is 1. The van der Waals surface area contributed by atoms with Crippen LogP contribution in [0.4, 0.5) is 5.69 Å². The molecular weight excluding hydrogens is 158 g/mol. The van der Waals surface area contributed by atoms with Crippen molar-refractivity contribution < 1.29 is 5.48 Å². The number of rotatable bonds is 0. The maximum atomic E-state index is 7.91. The molecule has 1 heteroatoms. The van der Waals surface area contributed by atoms with Crippen molar-refractivity contribution in [2.45, 2.75) is 6.42 Å². The van der Waals surface area contributed by atoms with Crippen molar-refractivity contribution >= 4 is 17.0 Å². The van der Waals surface area contributed by atoms with Crippen LogP contribution >= 0.6 is 0 Å². The van der Waals surface area contributed by atoms with Crippen molar-refractivity contribution in [1.82, 2.24) is 0 Å². The summed E-state index contributed by atoms with van der Waals surface area (Å²) in [6.45, 7) is 0. The second kappa shape index (κ2) is 2.43. The Morgan fingerprint density at radius 3 is 3.23 bits per heavy atom. The highest BCUT2D eigenvalue weighted by atomic mass is 14.8. The van der Waals surface area contributed by atoms with Gasteiger partial charge in [-0.05, 0) is 6.04 Å². The van der Waals surface area contributed by atoms with Gasteiger partial charge in [0.05, 0.1) is 16.9 Å². The minimum Gasteiger partial charge on any atom is -0.252 e. The summed E-state index contributed by atoms with van der Waals surface area (Å²) in [7, 11) is 0. The quantitative estimate of drug-likeness (QED) is 0.568. The first kappa shape index (κ1) is 4.05. The zero-order chi connectivity index (χ0) is 12.2. The van der Waals surface area contributed by atoms with Crippen molar-refractivity contribution in [2.24, 2.45) is 4.99 Å². The topological polar surface area (TPSA) is 12.4 Å². The molecule has 1 nitrogen and oxygen atoms in total. The third-order valence-electron chi connectivity index (χ3n) is 2.20. The number of hydrogen-bond donors (Lipinski definition) is 0. The van der Waals surface area contributed by atoms with Gasteiger partial charge in [-0.1, -0.05) is 36.4 Å². The molecule has 1 aromatic carbocycles. The van der Waals surface area contributed by atoms with Crippen LogP contribution in [-0.4, -0.2) is 5.71 Å². The molecule has 1 aliphatic carbocycles. The second-order valence-corrected chi connectivity index (χ2v) is 2.99. The van der Waals surface area contributed by atoms with Gasteiger partial charge < -0.3 is 0 Å². The van der Waals surface area contributed by atoms with Gasteiger partial charge in [0.1, 0.15) is 0 Å². The number of hydrogen-bond acceptors (Lipinski definition) is 1. The van der Waals surface area contributed by atoms with E-state index in [1.54, 1.807) is 0 Å². The van der Waals surface area contributed by atoms with E-state index in [0.717, 1.165) is 11.3 Å². The number of fused-ring (bicyclic) bond motifs is 3. The van der Waals surface area contributed by atoms with Crippen LogP contribution in [0.1, 0.15) is 17.5 Å². The first-order chi connectivity index (χ1) is 8.11. The molecule has 0 fully saturated rings. The van der Waals surface area contributed by atoms with Crippen molar-refractivity contribution in [2.75, 3.05) is 0 Å². The Labute approximate surface area is 82.7 Å². The molecule has 0 spiro atoms. The molecule has 0 radical (unpaired) electrons. The summed E-state index contributed by atoms with van der Waals surface area (Å²) < 4.78 is 31.0. The highest BCUT2D eigenvalue weighted by molar-refractivity contribution is 6.30. The number of allylic oxidation sites excluding steroid dienone is 4. The zero-order valence-corrected chi connectivity index (χ0v) is 6.89. The Kier molecular flexibility index (Phi) is 0.756. The molecule has 0 saturated heterocycles. The maximum absolute atomic E-state index is 7.91. The molecule has 0 amide bonds. The number of para-hydroxylation sites is 1. The van der Waals surface area contributed by atoms with E-state index in [9.17, 15) is 0 Å². The van der Waals surface area contributed by atoms with E-state index in [4.69, 9.17) is 5.48 Å². The highest BCUT2D eigenvalue weighted by Crippen LogP contribution is 2.36. The standard InChI is InChI=1S/C12H9N/c1-3-7-11-9(5-1)10-6-2-4-8-12(10)13-11/h1-7H,8H2/i1D,3D,5D,7D. The Morgan fingerprint density at radius 1 is 1.31 bits per heavy atom. The molecule has 1 aliphatic heterocycles. The summed E-state index contributed by atoms with van der Waals surface area (Å²) in [6, 6.07) is -0.462. The van der Waals surface area contributed by atoms with Crippen LogP contribution < -0.4 is 0 Å². The second-order valence-electron chi connectivity index (χ2n) is 2.99. The average Bonchev–Trinajstić information content (AvgIpc) is 2.73. The van der Waals surface area contributed by atoms with Gasteiger partial charge in [0.25, 0.3) is 0 Å². The maximum Gasteiger partial charge on any atom is 0.0712 e. The van der Waals surface area contributed by atoms with Crippen molar-refractivity contribution in [3.8, 4) is 0 Å². The molecule has 0 saturated carbocycles. The normalized spacial score (nSPS) is 21.8. The fraction of sp³-hybridized carbons (Fsp3) is 0.0833. The van der Waals surface area contributed by atoms with Crippen molar-refractivity contribution in [3.05, 3.63) is 48.0 Å². The van der Waals surface area contributed by atoms with Crippen LogP contribution in [0, 0.1) is 0 Å². The molecular formula is C12H9N. The highest BCUT2D eigenvalue weighted by Gasteiger charge is 2.19. The lowest BCUT2D eigenvalue weighted by Crippen LogP contribution is -1.97.